The van der Waals surface area contributed by atoms with Gasteiger partial charge in [-0.15, -0.1) is 5.10 Å². The summed E-state index contributed by atoms with van der Waals surface area (Å²) >= 11 is 12.9. The fraction of sp³-hybridized carbons (Fsp3) is 0.0938. The number of tetrazole rings is 1. The molecule has 3 heterocycles. The highest BCUT2D eigenvalue weighted by Crippen LogP contribution is 2.31. The van der Waals surface area contributed by atoms with Gasteiger partial charge < -0.3 is 25.4 Å². The molecule has 0 aliphatic heterocycles. The molecule has 12 nitrogen and oxygen atoms in total. The molecule has 1 atom stereocenters. The van der Waals surface area contributed by atoms with Gasteiger partial charge in [0.25, 0.3) is 0 Å². The van der Waals surface area contributed by atoms with Gasteiger partial charge in [0.15, 0.2) is 0 Å². The summed E-state index contributed by atoms with van der Waals surface area (Å²) in [7, 11) is 1.37. The van der Waals surface area contributed by atoms with Crippen LogP contribution in [0.4, 0.5) is 0 Å². The SMILES string of the molecule is CN=C([O-])c1cc(=O)[nH]c2ccc(-c3nc([C@H](Cc4ccccc4)NC(=O)/C=C/c4cc(Cl)ccc4-n4cnnn4)[nH]c3Cl)cc12. The summed E-state index contributed by atoms with van der Waals surface area (Å²) in [5.74, 6) is -0.494. The molecule has 0 aliphatic carbocycles. The third kappa shape index (κ3) is 6.58. The molecule has 46 heavy (non-hydrogen) atoms. The third-order valence-electron chi connectivity index (χ3n) is 7.16. The molecule has 0 spiro atoms. The van der Waals surface area contributed by atoms with Gasteiger partial charge in [-0.2, -0.15) is 4.68 Å². The first kappa shape index (κ1) is 30.4. The van der Waals surface area contributed by atoms with Crippen LogP contribution >= 0.6 is 23.2 Å². The first-order valence-electron chi connectivity index (χ1n) is 13.9. The molecule has 0 saturated carbocycles. The van der Waals surface area contributed by atoms with E-state index in [1.807, 2.05) is 30.3 Å². The smallest absolute Gasteiger partial charge is 0.249 e. The highest BCUT2D eigenvalue weighted by atomic mass is 35.5. The number of aliphatic imine (C=N–C) groups is 1. The maximum atomic E-state index is 13.3. The summed E-state index contributed by atoms with van der Waals surface area (Å²) in [4.78, 5) is 39.8. The number of pyridine rings is 1. The zero-order valence-electron chi connectivity index (χ0n) is 24.1. The van der Waals surface area contributed by atoms with E-state index in [0.29, 0.717) is 50.7 Å². The monoisotopic (exact) mass is 652 g/mol. The van der Waals surface area contributed by atoms with E-state index in [0.717, 1.165) is 5.56 Å². The Bertz CT molecular complexity index is 2160. The van der Waals surface area contributed by atoms with Crippen molar-refractivity contribution in [2.45, 2.75) is 12.5 Å². The van der Waals surface area contributed by atoms with E-state index in [9.17, 15) is 14.7 Å². The van der Waals surface area contributed by atoms with Crippen LogP contribution in [0.1, 0.15) is 28.6 Å². The maximum absolute atomic E-state index is 13.3. The number of fused-ring (bicyclic) bond motifs is 1. The summed E-state index contributed by atoms with van der Waals surface area (Å²) in [5.41, 5.74) is 3.45. The van der Waals surface area contributed by atoms with E-state index in [-0.39, 0.29) is 10.7 Å². The highest BCUT2D eigenvalue weighted by Gasteiger charge is 2.21. The van der Waals surface area contributed by atoms with Gasteiger partial charge in [-0.25, -0.2) is 4.98 Å². The number of aromatic amines is 2. The van der Waals surface area contributed by atoms with E-state index in [1.165, 1.54) is 30.2 Å². The molecule has 0 aliphatic rings. The molecule has 3 aromatic heterocycles. The quantitative estimate of drug-likeness (QED) is 0.120. The Kier molecular flexibility index (Phi) is 8.72. The number of hydrogen-bond donors (Lipinski definition) is 3. The summed E-state index contributed by atoms with van der Waals surface area (Å²) in [6.45, 7) is 0. The number of rotatable bonds is 9. The van der Waals surface area contributed by atoms with E-state index in [2.05, 4.69) is 35.8 Å². The van der Waals surface area contributed by atoms with Crippen LogP contribution in [0.2, 0.25) is 10.2 Å². The van der Waals surface area contributed by atoms with E-state index in [1.54, 1.807) is 42.5 Å². The van der Waals surface area contributed by atoms with Crippen molar-refractivity contribution in [3.63, 3.8) is 0 Å². The van der Waals surface area contributed by atoms with Crippen LogP contribution in [0.3, 0.4) is 0 Å². The second-order valence-electron chi connectivity index (χ2n) is 10.2. The van der Waals surface area contributed by atoms with Crippen molar-refractivity contribution in [3.05, 3.63) is 128 Å². The minimum Gasteiger partial charge on any atom is -0.858 e. The van der Waals surface area contributed by atoms with Gasteiger partial charge in [0, 0.05) is 46.2 Å². The number of amides is 1. The molecule has 1 amide bonds. The van der Waals surface area contributed by atoms with E-state index in [4.69, 9.17) is 28.2 Å². The number of nitrogens with one attached hydrogen (secondary N) is 3. The van der Waals surface area contributed by atoms with Crippen LogP contribution < -0.4 is 16.0 Å². The molecule has 14 heteroatoms. The minimum atomic E-state index is -0.600. The topological polar surface area (TPSA) is 170 Å². The van der Waals surface area contributed by atoms with Gasteiger partial charge in [0.2, 0.25) is 11.5 Å². The Morgan fingerprint density at radius 3 is 2.67 bits per heavy atom. The summed E-state index contributed by atoms with van der Waals surface area (Å²) in [6.07, 6.45) is 4.87. The maximum Gasteiger partial charge on any atom is 0.249 e. The first-order valence-corrected chi connectivity index (χ1v) is 14.7. The van der Waals surface area contributed by atoms with Gasteiger partial charge in [0.05, 0.1) is 11.7 Å². The van der Waals surface area contributed by atoms with Crippen molar-refractivity contribution in [1.29, 1.82) is 0 Å². The Labute approximate surface area is 271 Å². The summed E-state index contributed by atoms with van der Waals surface area (Å²) in [5, 5.41) is 28.0. The highest BCUT2D eigenvalue weighted by molar-refractivity contribution is 6.32. The second-order valence-corrected chi connectivity index (χ2v) is 11.0. The molecule has 230 valence electrons. The zero-order valence-corrected chi connectivity index (χ0v) is 25.6. The van der Waals surface area contributed by atoms with Crippen molar-refractivity contribution in [3.8, 4) is 16.9 Å². The van der Waals surface area contributed by atoms with Crippen molar-refractivity contribution < 1.29 is 9.90 Å². The van der Waals surface area contributed by atoms with Crippen molar-refractivity contribution in [2.75, 3.05) is 7.05 Å². The van der Waals surface area contributed by atoms with E-state index >= 15 is 0 Å². The fourth-order valence-electron chi connectivity index (χ4n) is 5.01. The van der Waals surface area contributed by atoms with Crippen LogP contribution in [0.5, 0.6) is 0 Å². The number of nitrogens with zero attached hydrogens (tertiary/aromatic N) is 6. The molecule has 6 rings (SSSR count). The lowest BCUT2D eigenvalue weighted by molar-refractivity contribution is -0.212. The number of benzene rings is 3. The normalized spacial score (nSPS) is 12.5. The van der Waals surface area contributed by atoms with Gasteiger partial charge in [-0.05, 0) is 70.3 Å². The van der Waals surface area contributed by atoms with Crippen LogP contribution in [-0.4, -0.2) is 54.0 Å². The molecule has 6 aromatic rings. The third-order valence-corrected chi connectivity index (χ3v) is 7.67. The largest absolute Gasteiger partial charge is 0.858 e. The average Bonchev–Trinajstić information content (AvgIpc) is 3.73. The van der Waals surface area contributed by atoms with Gasteiger partial charge >= 0.3 is 0 Å². The first-order chi connectivity index (χ1) is 22.3. The number of halogens is 2. The van der Waals surface area contributed by atoms with Crippen LogP contribution in [0.25, 0.3) is 33.9 Å². The van der Waals surface area contributed by atoms with Gasteiger partial charge in [-0.1, -0.05) is 59.6 Å². The zero-order chi connectivity index (χ0) is 32.2. The number of imidazole rings is 1. The molecule has 3 aromatic carbocycles. The lowest BCUT2D eigenvalue weighted by Gasteiger charge is -2.16. The molecule has 3 N–H and O–H groups in total. The average molecular weight is 654 g/mol. The molecular formula is C32H24Cl2N9O3-. The van der Waals surface area contributed by atoms with Gasteiger partial charge in [0.1, 0.15) is 23.0 Å². The number of carbonyl (C=O) groups is 1. The van der Waals surface area contributed by atoms with Crippen molar-refractivity contribution in [2.24, 2.45) is 4.99 Å². The number of aromatic nitrogens is 7. The Hall–Kier alpha value is -5.59. The standard InChI is InChI=1S/C32H25Cl2N9O3/c1-35-32(46)23-16-28(45)37-24-10-7-20(15-22(23)24)29-30(34)40-31(39-29)25(13-18-5-3-2-4-6-18)38-27(44)12-8-19-14-21(33)9-11-26(19)43-17-36-41-42-43/h2-12,14-17,25H,13H2,1H3,(H,35,46)(H,37,45)(H,38,44)(H,39,40)/p-1/b12-8+/t25-/m0/s1. The minimum absolute atomic E-state index is 0.166. The second kappa shape index (κ2) is 13.2. The van der Waals surface area contributed by atoms with Crippen molar-refractivity contribution >= 4 is 52.0 Å². The van der Waals surface area contributed by atoms with Gasteiger partial charge in [-0.3, -0.25) is 9.59 Å². The lowest BCUT2D eigenvalue weighted by Crippen LogP contribution is -2.29. The molecule has 0 saturated heterocycles. The Morgan fingerprint density at radius 1 is 1.09 bits per heavy atom. The fourth-order valence-corrected chi connectivity index (χ4v) is 5.44. The summed E-state index contributed by atoms with van der Waals surface area (Å²) < 4.78 is 1.47. The van der Waals surface area contributed by atoms with Crippen LogP contribution in [0.15, 0.2) is 95.0 Å². The molecular weight excluding hydrogens is 629 g/mol. The Morgan fingerprint density at radius 2 is 1.91 bits per heavy atom. The van der Waals surface area contributed by atoms with Crippen molar-refractivity contribution in [1.82, 2.24) is 40.5 Å². The molecule has 0 bridgehead atoms. The predicted molar refractivity (Wildman–Crippen MR) is 174 cm³/mol. The molecule has 0 fully saturated rings. The number of carbonyl (C=O) groups excluding carboxylic acids is 1. The van der Waals surface area contributed by atoms with Crippen LogP contribution in [-0.2, 0) is 11.2 Å². The lowest BCUT2D eigenvalue weighted by atomic mass is 10.0. The number of hydrogen-bond acceptors (Lipinski definition) is 8. The molecule has 0 unspecified atom stereocenters. The van der Waals surface area contributed by atoms with Crippen LogP contribution in [0, 0.1) is 0 Å². The summed E-state index contributed by atoms with van der Waals surface area (Å²) in [6, 6.07) is 20.5. The molecule has 0 radical (unpaired) electrons. The van der Waals surface area contributed by atoms with E-state index < -0.39 is 23.4 Å². The Balaban J connectivity index is 1.33. The predicted octanol–water partition coefficient (Wildman–Crippen LogP) is 4.05. The number of H-pyrrole nitrogens is 2.